The zero-order valence-corrected chi connectivity index (χ0v) is 13.0. The van der Waals surface area contributed by atoms with Crippen LogP contribution in [-0.4, -0.2) is 11.9 Å². The van der Waals surface area contributed by atoms with Crippen LogP contribution in [0.1, 0.15) is 55.3 Å². The van der Waals surface area contributed by atoms with Crippen molar-refractivity contribution < 1.29 is 9.18 Å². The summed E-state index contributed by atoms with van der Waals surface area (Å²) in [6.07, 6.45) is 8.09. The highest BCUT2D eigenvalue weighted by Crippen LogP contribution is 2.24. The molecule has 2 rings (SSSR count). The van der Waals surface area contributed by atoms with Crippen LogP contribution in [0.2, 0.25) is 0 Å². The van der Waals surface area contributed by atoms with E-state index in [4.69, 9.17) is 5.73 Å². The summed E-state index contributed by atoms with van der Waals surface area (Å²) in [7, 11) is 0. The lowest BCUT2D eigenvalue weighted by Gasteiger charge is -2.21. The van der Waals surface area contributed by atoms with E-state index in [2.05, 4.69) is 21.2 Å². The van der Waals surface area contributed by atoms with E-state index in [1.165, 1.54) is 31.4 Å². The van der Waals surface area contributed by atoms with Crippen LogP contribution in [0, 0.1) is 5.82 Å². The normalized spacial score (nSPS) is 17.3. The first-order valence-electron chi connectivity index (χ1n) is 7.13. The molecular weight excluding hydrogens is 323 g/mol. The van der Waals surface area contributed by atoms with Crippen molar-refractivity contribution in [2.24, 2.45) is 0 Å². The Kier molecular flexibility index (Phi) is 5.40. The van der Waals surface area contributed by atoms with Gasteiger partial charge in [-0.1, -0.05) is 32.1 Å². The lowest BCUT2D eigenvalue weighted by molar-refractivity contribution is 0.0929. The maximum absolute atomic E-state index is 13.3. The van der Waals surface area contributed by atoms with Gasteiger partial charge in [0.15, 0.2) is 0 Å². The Labute approximate surface area is 127 Å². The van der Waals surface area contributed by atoms with Crippen LogP contribution in [-0.2, 0) is 0 Å². The Morgan fingerprint density at radius 3 is 2.45 bits per heavy atom. The minimum Gasteiger partial charge on any atom is -0.396 e. The van der Waals surface area contributed by atoms with Crippen LogP contribution in [0.4, 0.5) is 10.1 Å². The second-order valence-corrected chi connectivity index (χ2v) is 6.22. The number of benzene rings is 1. The Balaban J connectivity index is 2.05. The van der Waals surface area contributed by atoms with E-state index in [1.54, 1.807) is 0 Å². The first-order chi connectivity index (χ1) is 9.58. The number of nitrogen functional groups attached to an aromatic ring is 1. The number of nitrogens with one attached hydrogen (secondary N) is 1. The molecule has 0 bridgehead atoms. The molecule has 0 spiro atoms. The number of halogens is 2. The van der Waals surface area contributed by atoms with Crippen LogP contribution >= 0.6 is 15.9 Å². The van der Waals surface area contributed by atoms with E-state index in [0.29, 0.717) is 10.0 Å². The molecule has 1 aromatic rings. The topological polar surface area (TPSA) is 55.1 Å². The van der Waals surface area contributed by atoms with Gasteiger partial charge < -0.3 is 11.1 Å². The molecule has 3 N–H and O–H groups in total. The molecule has 0 aromatic heterocycles. The van der Waals surface area contributed by atoms with Crippen molar-refractivity contribution in [2.75, 3.05) is 5.73 Å². The van der Waals surface area contributed by atoms with E-state index in [-0.39, 0.29) is 17.6 Å². The first-order valence-corrected chi connectivity index (χ1v) is 7.92. The number of hydrogen-bond acceptors (Lipinski definition) is 2. The zero-order valence-electron chi connectivity index (χ0n) is 11.4. The minimum atomic E-state index is -0.514. The van der Waals surface area contributed by atoms with Crippen LogP contribution in [0.5, 0.6) is 0 Å². The summed E-state index contributed by atoms with van der Waals surface area (Å²) < 4.78 is 13.7. The fourth-order valence-electron chi connectivity index (χ4n) is 2.60. The van der Waals surface area contributed by atoms with Gasteiger partial charge in [-0.3, -0.25) is 4.79 Å². The zero-order chi connectivity index (χ0) is 14.5. The van der Waals surface area contributed by atoms with Crippen molar-refractivity contribution >= 4 is 27.5 Å². The van der Waals surface area contributed by atoms with Crippen LogP contribution in [0.3, 0.4) is 0 Å². The highest BCUT2D eigenvalue weighted by Gasteiger charge is 2.18. The van der Waals surface area contributed by atoms with Gasteiger partial charge in [0.1, 0.15) is 5.82 Å². The van der Waals surface area contributed by atoms with Crippen molar-refractivity contribution in [1.82, 2.24) is 5.32 Å². The predicted molar refractivity (Wildman–Crippen MR) is 82.1 cm³/mol. The summed E-state index contributed by atoms with van der Waals surface area (Å²) in [6, 6.07) is 2.83. The molecule has 1 fully saturated rings. The SMILES string of the molecule is Nc1cc(C(=O)NC2CCCCCCC2)c(Br)cc1F. The lowest BCUT2D eigenvalue weighted by atomic mass is 9.96. The van der Waals surface area contributed by atoms with Gasteiger partial charge in [0.25, 0.3) is 5.91 Å². The van der Waals surface area contributed by atoms with Gasteiger partial charge >= 0.3 is 0 Å². The molecule has 1 aliphatic rings. The van der Waals surface area contributed by atoms with Crippen LogP contribution in [0.25, 0.3) is 0 Å². The standard InChI is InChI=1S/C15H20BrFN2O/c16-12-9-13(17)14(18)8-11(12)15(20)19-10-6-4-2-1-3-5-7-10/h8-10H,1-7,18H2,(H,19,20). The van der Waals surface area contributed by atoms with Gasteiger partial charge in [0.2, 0.25) is 0 Å². The van der Waals surface area contributed by atoms with Gasteiger partial charge in [0, 0.05) is 10.5 Å². The molecule has 3 nitrogen and oxygen atoms in total. The summed E-state index contributed by atoms with van der Waals surface area (Å²) in [4.78, 5) is 12.3. The quantitative estimate of drug-likeness (QED) is 0.797. The van der Waals surface area contributed by atoms with E-state index in [0.717, 1.165) is 25.7 Å². The first kappa shape index (κ1) is 15.3. The third-order valence-electron chi connectivity index (χ3n) is 3.77. The molecule has 5 heteroatoms. The molecular formula is C15H20BrFN2O. The maximum atomic E-state index is 13.3. The molecule has 1 saturated carbocycles. The monoisotopic (exact) mass is 342 g/mol. The number of carbonyl (C=O) groups excluding carboxylic acids is 1. The second-order valence-electron chi connectivity index (χ2n) is 5.37. The van der Waals surface area contributed by atoms with E-state index in [1.807, 2.05) is 0 Å². The smallest absolute Gasteiger partial charge is 0.252 e. The van der Waals surface area contributed by atoms with E-state index in [9.17, 15) is 9.18 Å². The Bertz CT molecular complexity index is 485. The fourth-order valence-corrected chi connectivity index (χ4v) is 3.10. The average molecular weight is 343 g/mol. The molecule has 0 radical (unpaired) electrons. The summed E-state index contributed by atoms with van der Waals surface area (Å²) in [5.41, 5.74) is 5.92. The molecule has 110 valence electrons. The number of rotatable bonds is 2. The second kappa shape index (κ2) is 7.07. The third kappa shape index (κ3) is 3.95. The van der Waals surface area contributed by atoms with Gasteiger partial charge in [-0.25, -0.2) is 4.39 Å². The summed E-state index contributed by atoms with van der Waals surface area (Å²) in [6.45, 7) is 0. The number of carbonyl (C=O) groups is 1. The summed E-state index contributed by atoms with van der Waals surface area (Å²) >= 11 is 3.22. The highest BCUT2D eigenvalue weighted by molar-refractivity contribution is 9.10. The number of nitrogens with two attached hydrogens (primary N) is 1. The predicted octanol–water partition coefficient (Wildman–Crippen LogP) is 4.01. The maximum Gasteiger partial charge on any atom is 0.252 e. The molecule has 1 aliphatic carbocycles. The van der Waals surface area contributed by atoms with Crippen LogP contribution in [0.15, 0.2) is 16.6 Å². The largest absolute Gasteiger partial charge is 0.396 e. The van der Waals surface area contributed by atoms with Crippen molar-refractivity contribution in [3.8, 4) is 0 Å². The number of amides is 1. The Morgan fingerprint density at radius 1 is 1.20 bits per heavy atom. The molecule has 20 heavy (non-hydrogen) atoms. The van der Waals surface area contributed by atoms with E-state index < -0.39 is 5.82 Å². The van der Waals surface area contributed by atoms with Crippen LogP contribution < -0.4 is 11.1 Å². The highest BCUT2D eigenvalue weighted by atomic mass is 79.9. The van der Waals surface area contributed by atoms with Crippen molar-refractivity contribution in [1.29, 1.82) is 0 Å². The van der Waals surface area contributed by atoms with Gasteiger partial charge in [-0.15, -0.1) is 0 Å². The minimum absolute atomic E-state index is 0.00369. The van der Waals surface area contributed by atoms with Crippen molar-refractivity contribution in [2.45, 2.75) is 51.0 Å². The molecule has 0 atom stereocenters. The molecule has 0 unspecified atom stereocenters. The Hall–Kier alpha value is -1.10. The fraction of sp³-hybridized carbons (Fsp3) is 0.533. The third-order valence-corrected chi connectivity index (χ3v) is 4.43. The average Bonchev–Trinajstić information content (AvgIpc) is 2.36. The van der Waals surface area contributed by atoms with Gasteiger partial charge in [0.05, 0.1) is 11.3 Å². The number of anilines is 1. The summed E-state index contributed by atoms with van der Waals surface area (Å²) in [5, 5.41) is 3.04. The molecule has 1 amide bonds. The molecule has 0 aliphatic heterocycles. The van der Waals surface area contributed by atoms with E-state index >= 15 is 0 Å². The lowest BCUT2D eigenvalue weighted by Crippen LogP contribution is -2.35. The molecule has 1 aromatic carbocycles. The number of hydrogen-bond donors (Lipinski definition) is 2. The van der Waals surface area contributed by atoms with Gasteiger partial charge in [-0.05, 0) is 40.9 Å². The van der Waals surface area contributed by atoms with Crippen molar-refractivity contribution in [3.63, 3.8) is 0 Å². The molecule has 0 heterocycles. The summed E-state index contributed by atoms with van der Waals surface area (Å²) in [5.74, 6) is -0.700. The van der Waals surface area contributed by atoms with Crippen molar-refractivity contribution in [3.05, 3.63) is 28.0 Å². The van der Waals surface area contributed by atoms with Gasteiger partial charge in [-0.2, -0.15) is 0 Å². The molecule has 0 saturated heterocycles. The Morgan fingerprint density at radius 2 is 1.80 bits per heavy atom.